The van der Waals surface area contributed by atoms with Crippen LogP contribution in [0.5, 0.6) is 5.75 Å². The number of ether oxygens (including phenoxy) is 3. The molecule has 8 heteroatoms. The van der Waals surface area contributed by atoms with Gasteiger partial charge >= 0.3 is 12.2 Å². The van der Waals surface area contributed by atoms with Crippen LogP contribution in [0.3, 0.4) is 0 Å². The van der Waals surface area contributed by atoms with Crippen LogP contribution >= 0.6 is 0 Å². The molecule has 0 saturated carbocycles. The van der Waals surface area contributed by atoms with Gasteiger partial charge in [-0.2, -0.15) is 0 Å². The number of ketones is 2. The molecule has 0 aromatic heterocycles. The summed E-state index contributed by atoms with van der Waals surface area (Å²) in [7, 11) is 1.12. The SMILES string of the molecule is COC(=O)Oc1cc(C(C)C)ccc1C1(OC(N)=O)C(=O)c2ccccc2C1=O. The van der Waals surface area contributed by atoms with Crippen LogP contribution < -0.4 is 10.5 Å². The number of benzene rings is 2. The number of amides is 1. The average molecular weight is 397 g/mol. The van der Waals surface area contributed by atoms with Crippen LogP contribution in [0.1, 0.15) is 51.6 Å². The summed E-state index contributed by atoms with van der Waals surface area (Å²) in [5.41, 5.74) is 3.62. The second kappa shape index (κ2) is 7.38. The van der Waals surface area contributed by atoms with Crippen molar-refractivity contribution in [2.45, 2.75) is 25.4 Å². The van der Waals surface area contributed by atoms with E-state index >= 15 is 0 Å². The van der Waals surface area contributed by atoms with E-state index in [4.69, 9.17) is 15.2 Å². The van der Waals surface area contributed by atoms with Gasteiger partial charge in [0.2, 0.25) is 11.6 Å². The Hall–Kier alpha value is -3.68. The molecule has 1 aliphatic rings. The lowest BCUT2D eigenvalue weighted by molar-refractivity contribution is 0.0206. The summed E-state index contributed by atoms with van der Waals surface area (Å²) in [6, 6.07) is 10.6. The topological polar surface area (TPSA) is 122 Å². The van der Waals surface area contributed by atoms with Gasteiger partial charge in [-0.25, -0.2) is 9.59 Å². The van der Waals surface area contributed by atoms with Crippen molar-refractivity contribution in [3.05, 3.63) is 64.7 Å². The third-order valence-corrected chi connectivity index (χ3v) is 4.72. The molecule has 2 aromatic carbocycles. The molecular formula is C21H19NO7. The summed E-state index contributed by atoms with van der Waals surface area (Å²) in [5.74, 6) is -1.64. The van der Waals surface area contributed by atoms with E-state index in [1.807, 2.05) is 13.8 Å². The molecule has 0 bridgehead atoms. The van der Waals surface area contributed by atoms with E-state index in [1.54, 1.807) is 18.2 Å². The summed E-state index contributed by atoms with van der Waals surface area (Å²) in [6.07, 6.45) is -2.38. The molecule has 0 heterocycles. The van der Waals surface area contributed by atoms with Gasteiger partial charge in [-0.3, -0.25) is 9.59 Å². The van der Waals surface area contributed by atoms with Gasteiger partial charge in [0.15, 0.2) is 0 Å². The van der Waals surface area contributed by atoms with Crippen LogP contribution in [0.2, 0.25) is 0 Å². The standard InChI is InChI=1S/C21H19NO7/c1-11(2)12-8-9-15(16(10-12)28-20(26)27-3)21(29-19(22)25)17(23)13-6-4-5-7-14(13)18(21)24/h4-11H,1-3H3,(H2,22,25). The molecule has 2 aromatic rings. The largest absolute Gasteiger partial charge is 0.513 e. The van der Waals surface area contributed by atoms with Crippen LogP contribution in [-0.2, 0) is 15.1 Å². The van der Waals surface area contributed by atoms with Gasteiger partial charge in [-0.15, -0.1) is 0 Å². The average Bonchev–Trinajstić information content (AvgIpc) is 2.90. The highest BCUT2D eigenvalue weighted by Gasteiger charge is 2.59. The number of nitrogens with two attached hydrogens (primary N) is 1. The van der Waals surface area contributed by atoms with E-state index in [0.717, 1.165) is 12.7 Å². The minimum absolute atomic E-state index is 0.0456. The Morgan fingerprint density at radius 2 is 1.59 bits per heavy atom. The van der Waals surface area contributed by atoms with Crippen LogP contribution in [-0.4, -0.2) is 30.9 Å². The Morgan fingerprint density at radius 1 is 1.00 bits per heavy atom. The second-order valence-electron chi connectivity index (χ2n) is 6.77. The first-order valence-corrected chi connectivity index (χ1v) is 8.79. The lowest BCUT2D eigenvalue weighted by atomic mass is 9.86. The fourth-order valence-electron chi connectivity index (χ4n) is 3.31. The zero-order chi connectivity index (χ0) is 21.3. The molecular weight excluding hydrogens is 378 g/mol. The molecule has 8 nitrogen and oxygen atoms in total. The predicted molar refractivity (Wildman–Crippen MR) is 101 cm³/mol. The highest BCUT2D eigenvalue weighted by molar-refractivity contribution is 6.32. The number of hydrogen-bond acceptors (Lipinski definition) is 7. The summed E-state index contributed by atoms with van der Waals surface area (Å²) >= 11 is 0. The van der Waals surface area contributed by atoms with Gasteiger partial charge in [0.25, 0.3) is 5.60 Å². The van der Waals surface area contributed by atoms with Crippen molar-refractivity contribution in [2.24, 2.45) is 5.73 Å². The van der Waals surface area contributed by atoms with Crippen molar-refractivity contribution in [1.29, 1.82) is 0 Å². The Bertz CT molecular complexity index is 990. The monoisotopic (exact) mass is 397 g/mol. The van der Waals surface area contributed by atoms with E-state index in [-0.39, 0.29) is 28.4 Å². The zero-order valence-corrected chi connectivity index (χ0v) is 16.1. The molecule has 29 heavy (non-hydrogen) atoms. The van der Waals surface area contributed by atoms with Gasteiger partial charge < -0.3 is 19.9 Å². The number of fused-ring (bicyclic) bond motifs is 1. The smallest absolute Gasteiger partial charge is 0.437 e. The second-order valence-corrected chi connectivity index (χ2v) is 6.77. The molecule has 0 radical (unpaired) electrons. The predicted octanol–water partition coefficient (Wildman–Crippen LogP) is 3.33. The van der Waals surface area contributed by atoms with Gasteiger partial charge in [-0.1, -0.05) is 44.2 Å². The molecule has 0 unspecified atom stereocenters. The minimum Gasteiger partial charge on any atom is -0.437 e. The van der Waals surface area contributed by atoms with Crippen LogP contribution in [0.4, 0.5) is 9.59 Å². The number of rotatable bonds is 4. The van der Waals surface area contributed by atoms with Crippen molar-refractivity contribution in [2.75, 3.05) is 7.11 Å². The number of primary amides is 1. The lowest BCUT2D eigenvalue weighted by Crippen LogP contribution is -2.44. The molecule has 0 fully saturated rings. The maximum Gasteiger partial charge on any atom is 0.513 e. The van der Waals surface area contributed by atoms with E-state index in [1.165, 1.54) is 24.3 Å². The van der Waals surface area contributed by atoms with E-state index in [0.29, 0.717) is 0 Å². The molecule has 0 atom stereocenters. The molecule has 0 saturated heterocycles. The van der Waals surface area contributed by atoms with Gasteiger partial charge in [0.1, 0.15) is 5.75 Å². The third kappa shape index (κ3) is 3.22. The van der Waals surface area contributed by atoms with Gasteiger partial charge in [0.05, 0.1) is 12.7 Å². The summed E-state index contributed by atoms with van der Waals surface area (Å²) in [6.45, 7) is 3.82. The van der Waals surface area contributed by atoms with Crippen LogP contribution in [0, 0.1) is 0 Å². The van der Waals surface area contributed by atoms with Gasteiger partial charge in [-0.05, 0) is 23.6 Å². The van der Waals surface area contributed by atoms with Crippen molar-refractivity contribution >= 4 is 23.8 Å². The number of carbonyl (C=O) groups excluding carboxylic acids is 4. The highest BCUT2D eigenvalue weighted by Crippen LogP contribution is 2.45. The quantitative estimate of drug-likeness (QED) is 0.477. The minimum atomic E-state index is -2.39. The molecule has 1 amide bonds. The number of Topliss-reactive ketones (excluding diaryl/α,β-unsaturated/α-hetero) is 2. The molecule has 150 valence electrons. The number of carbonyl (C=O) groups is 4. The first-order valence-electron chi connectivity index (χ1n) is 8.79. The van der Waals surface area contributed by atoms with E-state index in [9.17, 15) is 19.2 Å². The van der Waals surface area contributed by atoms with E-state index < -0.39 is 29.4 Å². The first kappa shape index (κ1) is 20.1. The van der Waals surface area contributed by atoms with Crippen LogP contribution in [0.15, 0.2) is 42.5 Å². The molecule has 3 rings (SSSR count). The zero-order valence-electron chi connectivity index (χ0n) is 16.1. The Labute approximate surface area is 166 Å². The number of hydrogen-bond donors (Lipinski definition) is 1. The lowest BCUT2D eigenvalue weighted by Gasteiger charge is -2.27. The Morgan fingerprint density at radius 3 is 2.07 bits per heavy atom. The van der Waals surface area contributed by atoms with Crippen LogP contribution in [0.25, 0.3) is 0 Å². The summed E-state index contributed by atoms with van der Waals surface area (Å²) in [4.78, 5) is 50.0. The first-order chi connectivity index (χ1) is 13.7. The molecule has 0 aliphatic heterocycles. The molecule has 0 spiro atoms. The summed E-state index contributed by atoms with van der Waals surface area (Å²) < 4.78 is 14.9. The maximum absolute atomic E-state index is 13.3. The van der Waals surface area contributed by atoms with Crippen molar-refractivity contribution in [1.82, 2.24) is 0 Å². The molecule has 1 aliphatic carbocycles. The maximum atomic E-state index is 13.3. The van der Waals surface area contributed by atoms with Gasteiger partial charge in [0, 0.05) is 11.1 Å². The Kier molecular flexibility index (Phi) is 5.11. The van der Waals surface area contributed by atoms with Crippen molar-refractivity contribution in [3.8, 4) is 5.75 Å². The van der Waals surface area contributed by atoms with Crippen molar-refractivity contribution in [3.63, 3.8) is 0 Å². The highest BCUT2D eigenvalue weighted by atomic mass is 16.7. The van der Waals surface area contributed by atoms with Crippen molar-refractivity contribution < 1.29 is 33.4 Å². The third-order valence-electron chi connectivity index (χ3n) is 4.72. The number of methoxy groups -OCH3 is 1. The normalized spacial score (nSPS) is 14.5. The molecule has 2 N–H and O–H groups in total. The fraction of sp³-hybridized carbons (Fsp3) is 0.238. The van der Waals surface area contributed by atoms with E-state index in [2.05, 4.69) is 4.74 Å². The fourth-order valence-corrected chi connectivity index (χ4v) is 3.31. The summed E-state index contributed by atoms with van der Waals surface area (Å²) in [5, 5.41) is 0. The Balaban J connectivity index is 2.29.